The van der Waals surface area contributed by atoms with Crippen molar-refractivity contribution in [3.05, 3.63) is 81.4 Å². The first-order valence-electron chi connectivity index (χ1n) is 7.07. The molecule has 0 atom stereocenters. The van der Waals surface area contributed by atoms with Crippen molar-refractivity contribution in [2.45, 2.75) is 13.8 Å². The molecule has 21 heavy (non-hydrogen) atoms. The van der Waals surface area contributed by atoms with Crippen LogP contribution in [0.3, 0.4) is 0 Å². The van der Waals surface area contributed by atoms with E-state index in [-0.39, 0.29) is 0 Å². The molecule has 0 N–H and O–H groups in total. The minimum Gasteiger partial charge on any atom is -0.0587 e. The van der Waals surface area contributed by atoms with Crippen LogP contribution >= 0.6 is 22.6 Å². The highest BCUT2D eigenvalue weighted by atomic mass is 127. The number of halogens is 1. The van der Waals surface area contributed by atoms with Gasteiger partial charge in [-0.05, 0) is 70.3 Å². The van der Waals surface area contributed by atoms with Crippen LogP contribution in [0.4, 0.5) is 0 Å². The molecule has 0 aliphatic rings. The quantitative estimate of drug-likeness (QED) is 0.459. The van der Waals surface area contributed by atoms with Crippen molar-refractivity contribution in [3.8, 4) is 22.3 Å². The van der Waals surface area contributed by atoms with Crippen molar-refractivity contribution in [2.75, 3.05) is 0 Å². The fraction of sp³-hybridized carbons (Fsp3) is 0.100. The zero-order valence-electron chi connectivity index (χ0n) is 12.2. The second-order valence-electron chi connectivity index (χ2n) is 5.41. The molecule has 0 aromatic heterocycles. The van der Waals surface area contributed by atoms with E-state index in [0.29, 0.717) is 0 Å². The van der Waals surface area contributed by atoms with Crippen LogP contribution in [0.5, 0.6) is 0 Å². The van der Waals surface area contributed by atoms with Crippen molar-refractivity contribution in [3.63, 3.8) is 0 Å². The van der Waals surface area contributed by atoms with Crippen LogP contribution in [0.1, 0.15) is 11.1 Å². The second kappa shape index (κ2) is 6.02. The standard InChI is InChI=1S/C20H17I/c1-14-3-6-16(7-4-14)17-9-11-18(12-10-17)19-8-5-15(2)20(21)13-19/h3-13H,1-2H3. The predicted octanol–water partition coefficient (Wildman–Crippen LogP) is 6.24. The lowest BCUT2D eigenvalue weighted by molar-refractivity contribution is 1.42. The third-order valence-corrected chi connectivity index (χ3v) is 4.94. The molecule has 1 heteroatoms. The largest absolute Gasteiger partial charge is 0.0587 e. The molecule has 0 saturated carbocycles. The van der Waals surface area contributed by atoms with Crippen LogP contribution in [0.25, 0.3) is 22.3 Å². The second-order valence-corrected chi connectivity index (χ2v) is 6.57. The van der Waals surface area contributed by atoms with Crippen LogP contribution in [-0.2, 0) is 0 Å². The zero-order chi connectivity index (χ0) is 14.8. The summed E-state index contributed by atoms with van der Waals surface area (Å²) in [5.41, 5.74) is 7.70. The van der Waals surface area contributed by atoms with Gasteiger partial charge in [-0.3, -0.25) is 0 Å². The smallest absolute Gasteiger partial charge is 0.0165 e. The molecule has 0 bridgehead atoms. The van der Waals surface area contributed by atoms with Gasteiger partial charge < -0.3 is 0 Å². The molecule has 104 valence electrons. The molecule has 0 heterocycles. The maximum Gasteiger partial charge on any atom is 0.0165 e. The van der Waals surface area contributed by atoms with E-state index in [1.54, 1.807) is 0 Å². The molecule has 0 unspecified atom stereocenters. The van der Waals surface area contributed by atoms with Gasteiger partial charge in [-0.25, -0.2) is 0 Å². The minimum atomic E-state index is 1.26. The highest BCUT2D eigenvalue weighted by molar-refractivity contribution is 14.1. The number of hydrogen-bond donors (Lipinski definition) is 0. The van der Waals surface area contributed by atoms with Crippen molar-refractivity contribution in [2.24, 2.45) is 0 Å². The summed E-state index contributed by atoms with van der Waals surface area (Å²) in [6.45, 7) is 4.26. The van der Waals surface area contributed by atoms with Gasteiger partial charge in [0, 0.05) is 3.57 Å². The van der Waals surface area contributed by atoms with Gasteiger partial charge in [0.1, 0.15) is 0 Å². The number of rotatable bonds is 2. The lowest BCUT2D eigenvalue weighted by atomic mass is 9.99. The summed E-state index contributed by atoms with van der Waals surface area (Å²) < 4.78 is 1.31. The number of benzene rings is 3. The van der Waals surface area contributed by atoms with Crippen molar-refractivity contribution < 1.29 is 0 Å². The monoisotopic (exact) mass is 384 g/mol. The topological polar surface area (TPSA) is 0 Å². The lowest BCUT2D eigenvalue weighted by Gasteiger charge is -2.07. The molecule has 0 nitrogen and oxygen atoms in total. The van der Waals surface area contributed by atoms with Gasteiger partial charge in [0.05, 0.1) is 0 Å². The zero-order valence-corrected chi connectivity index (χ0v) is 14.4. The summed E-state index contributed by atoms with van der Waals surface area (Å²) in [6, 6.07) is 24.1. The van der Waals surface area contributed by atoms with Gasteiger partial charge in [-0.2, -0.15) is 0 Å². The summed E-state index contributed by atoms with van der Waals surface area (Å²) in [5, 5.41) is 0. The Bertz CT molecular complexity index is 753. The Morgan fingerprint density at radius 2 is 1.00 bits per heavy atom. The Hall–Kier alpha value is -1.61. The van der Waals surface area contributed by atoms with Crippen molar-refractivity contribution in [1.82, 2.24) is 0 Å². The summed E-state index contributed by atoms with van der Waals surface area (Å²) >= 11 is 2.40. The van der Waals surface area contributed by atoms with Crippen molar-refractivity contribution in [1.29, 1.82) is 0 Å². The summed E-state index contributed by atoms with van der Waals surface area (Å²) in [6.07, 6.45) is 0. The average molecular weight is 384 g/mol. The first kappa shape index (κ1) is 14.3. The maximum atomic E-state index is 2.40. The molecule has 0 aliphatic heterocycles. The molecular formula is C20H17I. The maximum absolute atomic E-state index is 2.40. The van der Waals surface area contributed by atoms with Gasteiger partial charge in [0.2, 0.25) is 0 Å². The molecule has 3 aromatic rings. The van der Waals surface area contributed by atoms with Gasteiger partial charge in [-0.1, -0.05) is 66.2 Å². The predicted molar refractivity (Wildman–Crippen MR) is 99.5 cm³/mol. The highest BCUT2D eigenvalue weighted by Gasteiger charge is 2.02. The SMILES string of the molecule is Cc1ccc(-c2ccc(-c3ccc(C)c(I)c3)cc2)cc1. The van der Waals surface area contributed by atoms with E-state index >= 15 is 0 Å². The van der Waals surface area contributed by atoms with Crippen LogP contribution in [0.2, 0.25) is 0 Å². The van der Waals surface area contributed by atoms with Gasteiger partial charge in [0.25, 0.3) is 0 Å². The van der Waals surface area contributed by atoms with Crippen LogP contribution in [0.15, 0.2) is 66.7 Å². The van der Waals surface area contributed by atoms with Crippen LogP contribution in [-0.4, -0.2) is 0 Å². The molecule has 0 fully saturated rings. The molecule has 0 spiro atoms. The van der Waals surface area contributed by atoms with E-state index in [9.17, 15) is 0 Å². The normalized spacial score (nSPS) is 10.6. The van der Waals surface area contributed by atoms with E-state index in [0.717, 1.165) is 0 Å². The van der Waals surface area contributed by atoms with Crippen LogP contribution < -0.4 is 0 Å². The van der Waals surface area contributed by atoms with Crippen molar-refractivity contribution >= 4 is 22.6 Å². The third kappa shape index (κ3) is 3.18. The first-order chi connectivity index (χ1) is 10.1. The van der Waals surface area contributed by atoms with Gasteiger partial charge in [0.15, 0.2) is 0 Å². The molecular weight excluding hydrogens is 367 g/mol. The Morgan fingerprint density at radius 3 is 1.52 bits per heavy atom. The molecule has 3 aromatic carbocycles. The molecule has 0 saturated heterocycles. The lowest BCUT2D eigenvalue weighted by Crippen LogP contribution is -1.84. The van der Waals surface area contributed by atoms with E-state index < -0.39 is 0 Å². The van der Waals surface area contributed by atoms with Gasteiger partial charge in [-0.15, -0.1) is 0 Å². The third-order valence-electron chi connectivity index (χ3n) is 3.77. The fourth-order valence-corrected chi connectivity index (χ4v) is 2.89. The number of aryl methyl sites for hydroxylation is 2. The summed E-state index contributed by atoms with van der Waals surface area (Å²) in [4.78, 5) is 0. The Balaban J connectivity index is 1.93. The van der Waals surface area contributed by atoms with Gasteiger partial charge >= 0.3 is 0 Å². The minimum absolute atomic E-state index is 1.26. The molecule has 0 amide bonds. The Kier molecular flexibility index (Phi) is 4.11. The Labute approximate surface area is 140 Å². The summed E-state index contributed by atoms with van der Waals surface area (Å²) in [7, 11) is 0. The molecule has 3 rings (SSSR count). The molecule has 0 radical (unpaired) electrons. The van der Waals surface area contributed by atoms with Crippen LogP contribution in [0, 0.1) is 17.4 Å². The highest BCUT2D eigenvalue weighted by Crippen LogP contribution is 2.27. The van der Waals surface area contributed by atoms with E-state index in [2.05, 4.69) is 103 Å². The van der Waals surface area contributed by atoms with E-state index in [1.165, 1.54) is 37.0 Å². The summed E-state index contributed by atoms with van der Waals surface area (Å²) in [5.74, 6) is 0. The van der Waals surface area contributed by atoms with E-state index in [1.807, 2.05) is 0 Å². The fourth-order valence-electron chi connectivity index (χ4n) is 2.37. The average Bonchev–Trinajstić information content (AvgIpc) is 2.51. The number of hydrogen-bond acceptors (Lipinski definition) is 0. The van der Waals surface area contributed by atoms with E-state index in [4.69, 9.17) is 0 Å². The first-order valence-corrected chi connectivity index (χ1v) is 8.15. The Morgan fingerprint density at radius 1 is 0.571 bits per heavy atom. The molecule has 0 aliphatic carbocycles.